The number of carbonyl (C=O) groups excluding carboxylic acids is 1. The van der Waals surface area contributed by atoms with Crippen LogP contribution in [0.5, 0.6) is 0 Å². The summed E-state index contributed by atoms with van der Waals surface area (Å²) in [6, 6.07) is 3.55. The van der Waals surface area contributed by atoms with Gasteiger partial charge in [-0.25, -0.2) is 9.67 Å². The highest BCUT2D eigenvalue weighted by atomic mass is 16.5. The molecule has 0 aliphatic carbocycles. The van der Waals surface area contributed by atoms with E-state index in [4.69, 9.17) is 9.26 Å². The first-order chi connectivity index (χ1) is 14.1. The Kier molecular flexibility index (Phi) is 5.09. The van der Waals surface area contributed by atoms with Crippen LogP contribution < -0.4 is 5.32 Å². The van der Waals surface area contributed by atoms with Crippen molar-refractivity contribution >= 4 is 22.7 Å². The van der Waals surface area contributed by atoms with Gasteiger partial charge in [0.1, 0.15) is 12.4 Å². The van der Waals surface area contributed by atoms with E-state index in [1.165, 1.54) is 0 Å². The van der Waals surface area contributed by atoms with Crippen LogP contribution in [0.4, 0.5) is 5.69 Å². The predicted molar refractivity (Wildman–Crippen MR) is 105 cm³/mol. The van der Waals surface area contributed by atoms with E-state index in [1.54, 1.807) is 34.7 Å². The molecule has 1 amide bonds. The maximum Gasteiger partial charge on any atom is 0.259 e. The molecule has 0 unspecified atom stereocenters. The zero-order chi connectivity index (χ0) is 20.4. The summed E-state index contributed by atoms with van der Waals surface area (Å²) in [5, 5.41) is 16.0. The SMILES string of the molecule is CCOCn1cc(NC(=O)c2cc(-c3ccn(CC)n3)nc3onc(C)c23)cn1. The Labute approximate surface area is 166 Å². The second kappa shape index (κ2) is 7.84. The lowest BCUT2D eigenvalue weighted by molar-refractivity contribution is 0.0792. The fraction of sp³-hybridized carbons (Fsp3) is 0.316. The third kappa shape index (κ3) is 3.74. The minimum absolute atomic E-state index is 0.295. The van der Waals surface area contributed by atoms with Crippen molar-refractivity contribution in [3.8, 4) is 11.4 Å². The van der Waals surface area contributed by atoms with Crippen LogP contribution in [0.1, 0.15) is 29.9 Å². The van der Waals surface area contributed by atoms with E-state index in [-0.39, 0.29) is 5.91 Å². The standard InChI is InChI=1S/C19H21N7O3/c1-4-25-7-6-15(23-25)16-8-14(17-12(3)24-29-19(17)22-16)18(27)21-13-9-20-26(10-13)11-28-5-2/h6-10H,4-5,11H2,1-3H3,(H,21,27). The molecule has 150 valence electrons. The van der Waals surface area contributed by atoms with E-state index in [1.807, 2.05) is 26.1 Å². The Morgan fingerprint density at radius 3 is 2.90 bits per heavy atom. The summed E-state index contributed by atoms with van der Waals surface area (Å²) >= 11 is 0. The molecule has 1 N–H and O–H groups in total. The first kappa shape index (κ1) is 18.8. The van der Waals surface area contributed by atoms with E-state index >= 15 is 0 Å². The van der Waals surface area contributed by atoms with Gasteiger partial charge in [-0.15, -0.1) is 0 Å². The predicted octanol–water partition coefficient (Wildman–Crippen LogP) is 2.86. The third-order valence-electron chi connectivity index (χ3n) is 4.41. The number of carbonyl (C=O) groups is 1. The van der Waals surface area contributed by atoms with Crippen LogP contribution in [-0.4, -0.2) is 42.2 Å². The van der Waals surface area contributed by atoms with Gasteiger partial charge >= 0.3 is 0 Å². The zero-order valence-corrected chi connectivity index (χ0v) is 16.4. The van der Waals surface area contributed by atoms with E-state index in [0.717, 1.165) is 6.54 Å². The summed E-state index contributed by atoms with van der Waals surface area (Å²) in [5.74, 6) is -0.309. The van der Waals surface area contributed by atoms with Crippen molar-refractivity contribution in [2.24, 2.45) is 0 Å². The molecule has 0 saturated carbocycles. The third-order valence-corrected chi connectivity index (χ3v) is 4.41. The van der Waals surface area contributed by atoms with Crippen LogP contribution in [0, 0.1) is 6.92 Å². The van der Waals surface area contributed by atoms with Gasteiger partial charge in [-0.1, -0.05) is 5.16 Å². The first-order valence-corrected chi connectivity index (χ1v) is 9.31. The molecule has 0 radical (unpaired) electrons. The highest BCUT2D eigenvalue weighted by Crippen LogP contribution is 2.27. The highest BCUT2D eigenvalue weighted by Gasteiger charge is 2.20. The van der Waals surface area contributed by atoms with Gasteiger partial charge in [0.15, 0.2) is 0 Å². The van der Waals surface area contributed by atoms with Crippen molar-refractivity contribution in [3.63, 3.8) is 0 Å². The molecular formula is C19H21N7O3. The molecular weight excluding hydrogens is 374 g/mol. The monoisotopic (exact) mass is 395 g/mol. The molecule has 4 aromatic rings. The van der Waals surface area contributed by atoms with Gasteiger partial charge in [-0.2, -0.15) is 10.2 Å². The Balaban J connectivity index is 1.68. The van der Waals surface area contributed by atoms with Gasteiger partial charge in [-0.05, 0) is 32.9 Å². The van der Waals surface area contributed by atoms with Gasteiger partial charge in [0.25, 0.3) is 11.6 Å². The molecule has 10 nitrogen and oxygen atoms in total. The summed E-state index contributed by atoms with van der Waals surface area (Å²) in [4.78, 5) is 17.5. The number of aromatic nitrogens is 6. The van der Waals surface area contributed by atoms with Crippen LogP contribution in [0.2, 0.25) is 0 Å². The van der Waals surface area contributed by atoms with E-state index in [0.29, 0.717) is 52.8 Å². The van der Waals surface area contributed by atoms with Gasteiger partial charge in [0.2, 0.25) is 0 Å². The molecule has 0 saturated heterocycles. The number of rotatable bonds is 7. The summed E-state index contributed by atoms with van der Waals surface area (Å²) in [6.07, 6.45) is 5.13. The molecule has 4 aromatic heterocycles. The summed E-state index contributed by atoms with van der Waals surface area (Å²) in [5.41, 5.74) is 3.05. The maximum absolute atomic E-state index is 13.0. The average molecular weight is 395 g/mol. The summed E-state index contributed by atoms with van der Waals surface area (Å²) < 4.78 is 14.0. The fourth-order valence-electron chi connectivity index (χ4n) is 2.96. The number of hydrogen-bond acceptors (Lipinski definition) is 7. The van der Waals surface area contributed by atoms with Crippen molar-refractivity contribution in [1.29, 1.82) is 0 Å². The van der Waals surface area contributed by atoms with Crippen molar-refractivity contribution < 1.29 is 14.1 Å². The van der Waals surface area contributed by atoms with E-state index in [2.05, 4.69) is 25.7 Å². The van der Waals surface area contributed by atoms with Crippen LogP contribution >= 0.6 is 0 Å². The Morgan fingerprint density at radius 1 is 1.28 bits per heavy atom. The van der Waals surface area contributed by atoms with E-state index < -0.39 is 0 Å². The molecule has 0 atom stereocenters. The lowest BCUT2D eigenvalue weighted by Gasteiger charge is -2.06. The minimum Gasteiger partial charge on any atom is -0.360 e. The molecule has 0 bridgehead atoms. The van der Waals surface area contributed by atoms with Crippen molar-refractivity contribution in [2.75, 3.05) is 11.9 Å². The lowest BCUT2D eigenvalue weighted by atomic mass is 10.1. The summed E-state index contributed by atoms with van der Waals surface area (Å²) in [7, 11) is 0. The van der Waals surface area contributed by atoms with Gasteiger partial charge in [0.05, 0.1) is 40.4 Å². The largest absolute Gasteiger partial charge is 0.360 e. The molecule has 4 rings (SSSR count). The van der Waals surface area contributed by atoms with Crippen LogP contribution in [-0.2, 0) is 18.0 Å². The number of nitrogens with one attached hydrogen (secondary N) is 1. The van der Waals surface area contributed by atoms with Crippen molar-refractivity contribution in [3.05, 3.63) is 42.0 Å². The number of amides is 1. The van der Waals surface area contributed by atoms with Crippen LogP contribution in [0.15, 0.2) is 35.2 Å². The zero-order valence-electron chi connectivity index (χ0n) is 16.4. The van der Waals surface area contributed by atoms with Gasteiger partial charge in [0, 0.05) is 19.3 Å². The average Bonchev–Trinajstić information content (AvgIpc) is 3.46. The Morgan fingerprint density at radius 2 is 2.14 bits per heavy atom. The summed E-state index contributed by atoms with van der Waals surface area (Å²) in [6.45, 7) is 7.32. The van der Waals surface area contributed by atoms with Crippen molar-refractivity contribution in [2.45, 2.75) is 34.0 Å². The molecule has 10 heteroatoms. The number of anilines is 1. The van der Waals surface area contributed by atoms with Crippen LogP contribution in [0.25, 0.3) is 22.5 Å². The molecule has 4 heterocycles. The quantitative estimate of drug-likeness (QED) is 0.512. The number of pyridine rings is 1. The fourth-order valence-corrected chi connectivity index (χ4v) is 2.96. The second-order valence-electron chi connectivity index (χ2n) is 6.40. The van der Waals surface area contributed by atoms with E-state index in [9.17, 15) is 4.79 Å². The second-order valence-corrected chi connectivity index (χ2v) is 6.40. The number of fused-ring (bicyclic) bond motifs is 1. The van der Waals surface area contributed by atoms with Crippen LogP contribution in [0.3, 0.4) is 0 Å². The normalized spacial score (nSPS) is 11.3. The smallest absolute Gasteiger partial charge is 0.259 e. The van der Waals surface area contributed by atoms with Crippen molar-refractivity contribution in [1.82, 2.24) is 29.7 Å². The maximum atomic E-state index is 13.0. The molecule has 0 spiro atoms. The Bertz CT molecular complexity index is 1160. The number of aryl methyl sites for hydroxylation is 2. The molecule has 0 aromatic carbocycles. The number of ether oxygens (including phenoxy) is 1. The highest BCUT2D eigenvalue weighted by molar-refractivity contribution is 6.12. The Hall–Kier alpha value is -3.53. The number of hydrogen-bond donors (Lipinski definition) is 1. The minimum atomic E-state index is -0.309. The lowest BCUT2D eigenvalue weighted by Crippen LogP contribution is -2.13. The van der Waals surface area contributed by atoms with Gasteiger partial charge in [-0.3, -0.25) is 9.48 Å². The number of nitrogens with zero attached hydrogens (tertiary/aromatic N) is 6. The molecule has 0 aliphatic heterocycles. The van der Waals surface area contributed by atoms with Gasteiger partial charge < -0.3 is 14.6 Å². The first-order valence-electron chi connectivity index (χ1n) is 9.31. The molecule has 0 fully saturated rings. The topological polar surface area (TPSA) is 113 Å². The molecule has 29 heavy (non-hydrogen) atoms. The molecule has 0 aliphatic rings.